The summed E-state index contributed by atoms with van der Waals surface area (Å²) in [5, 5.41) is 0. The third-order valence-electron chi connectivity index (χ3n) is 3.43. The van der Waals surface area contributed by atoms with Gasteiger partial charge in [-0.2, -0.15) is 0 Å². The molecule has 0 aliphatic carbocycles. The zero-order chi connectivity index (χ0) is 19.3. The normalized spacial score (nSPS) is 12.1. The fraction of sp³-hybridized carbons (Fsp3) is 0.222. The molecule has 0 saturated carbocycles. The Balaban J connectivity index is 2.05. The molecule has 0 fully saturated rings. The molecule has 0 saturated heterocycles. The van der Waals surface area contributed by atoms with E-state index in [1.807, 2.05) is 0 Å². The Morgan fingerprint density at radius 1 is 1.04 bits per heavy atom. The van der Waals surface area contributed by atoms with Gasteiger partial charge in [-0.25, -0.2) is 13.2 Å². The zero-order valence-corrected chi connectivity index (χ0v) is 15.4. The van der Waals surface area contributed by atoms with Gasteiger partial charge in [0.1, 0.15) is 5.75 Å². The smallest absolute Gasteiger partial charge is 0.338 e. The van der Waals surface area contributed by atoms with E-state index < -0.39 is 27.9 Å². The van der Waals surface area contributed by atoms with E-state index in [1.165, 1.54) is 44.4 Å². The van der Waals surface area contributed by atoms with Gasteiger partial charge in [0, 0.05) is 11.3 Å². The lowest BCUT2D eigenvalue weighted by Gasteiger charge is -2.13. The van der Waals surface area contributed by atoms with Gasteiger partial charge in [-0.05, 0) is 49.4 Å². The van der Waals surface area contributed by atoms with Crippen molar-refractivity contribution in [3.63, 3.8) is 0 Å². The van der Waals surface area contributed by atoms with Crippen molar-refractivity contribution in [2.45, 2.75) is 13.0 Å². The minimum Gasteiger partial charge on any atom is -0.497 e. The summed E-state index contributed by atoms with van der Waals surface area (Å²) in [6, 6.07) is 12.3. The van der Waals surface area contributed by atoms with E-state index in [-0.39, 0.29) is 5.56 Å². The molecular formula is C18H19NO6S. The van der Waals surface area contributed by atoms with Crippen LogP contribution in [0, 0.1) is 0 Å². The zero-order valence-electron chi connectivity index (χ0n) is 14.6. The van der Waals surface area contributed by atoms with Crippen molar-refractivity contribution in [2.75, 3.05) is 18.1 Å². The van der Waals surface area contributed by atoms with Crippen molar-refractivity contribution in [3.8, 4) is 5.75 Å². The minimum absolute atomic E-state index is 0.275. The average molecular weight is 377 g/mol. The van der Waals surface area contributed by atoms with Gasteiger partial charge in [0.2, 0.25) is 15.8 Å². The summed E-state index contributed by atoms with van der Waals surface area (Å²) in [5.41, 5.74) is 0.914. The Morgan fingerprint density at radius 2 is 1.69 bits per heavy atom. The highest BCUT2D eigenvalue weighted by Crippen LogP contribution is 2.16. The molecule has 0 heterocycles. The summed E-state index contributed by atoms with van der Waals surface area (Å²) in [7, 11) is -1.91. The molecule has 0 spiro atoms. The molecule has 8 heteroatoms. The molecule has 2 rings (SSSR count). The van der Waals surface area contributed by atoms with Crippen molar-refractivity contribution in [1.82, 2.24) is 0 Å². The minimum atomic E-state index is -3.39. The van der Waals surface area contributed by atoms with Gasteiger partial charge in [0.25, 0.3) is 0 Å². The molecule has 1 N–H and O–H groups in total. The van der Waals surface area contributed by atoms with Gasteiger partial charge in [-0.3, -0.25) is 9.52 Å². The highest BCUT2D eigenvalue weighted by atomic mass is 32.2. The molecule has 2 aromatic rings. The van der Waals surface area contributed by atoms with Crippen LogP contribution < -0.4 is 9.46 Å². The molecule has 138 valence electrons. The van der Waals surface area contributed by atoms with Gasteiger partial charge in [0.05, 0.1) is 18.9 Å². The van der Waals surface area contributed by atoms with E-state index in [9.17, 15) is 18.0 Å². The molecule has 0 aromatic heterocycles. The summed E-state index contributed by atoms with van der Waals surface area (Å²) >= 11 is 0. The highest BCUT2D eigenvalue weighted by molar-refractivity contribution is 7.92. The van der Waals surface area contributed by atoms with Gasteiger partial charge in [-0.15, -0.1) is 0 Å². The lowest BCUT2D eigenvalue weighted by atomic mass is 10.1. The second kappa shape index (κ2) is 8.01. The molecule has 0 aliphatic heterocycles. The first-order chi connectivity index (χ1) is 12.2. The van der Waals surface area contributed by atoms with E-state index in [4.69, 9.17) is 9.47 Å². The number of hydrogen-bond donors (Lipinski definition) is 1. The number of carbonyl (C=O) groups excluding carboxylic acids is 2. The maximum absolute atomic E-state index is 12.4. The van der Waals surface area contributed by atoms with E-state index in [2.05, 4.69) is 4.72 Å². The predicted molar refractivity (Wildman–Crippen MR) is 97.1 cm³/mol. The number of ketones is 1. The summed E-state index contributed by atoms with van der Waals surface area (Å²) in [5.74, 6) is -0.528. The van der Waals surface area contributed by atoms with Crippen LogP contribution >= 0.6 is 0 Å². The fourth-order valence-electron chi connectivity index (χ4n) is 2.18. The van der Waals surface area contributed by atoms with Crippen molar-refractivity contribution >= 4 is 27.5 Å². The third-order valence-corrected chi connectivity index (χ3v) is 4.04. The topological polar surface area (TPSA) is 98.8 Å². The molecule has 7 nitrogen and oxygen atoms in total. The predicted octanol–water partition coefficient (Wildman–Crippen LogP) is 2.49. The van der Waals surface area contributed by atoms with Crippen molar-refractivity contribution in [1.29, 1.82) is 0 Å². The molecule has 0 unspecified atom stereocenters. The van der Waals surface area contributed by atoms with Gasteiger partial charge >= 0.3 is 5.97 Å². The molecule has 0 aliphatic rings. The first-order valence-electron chi connectivity index (χ1n) is 7.66. The molecule has 0 amide bonds. The van der Waals surface area contributed by atoms with Gasteiger partial charge in [0.15, 0.2) is 6.10 Å². The van der Waals surface area contributed by atoms with Crippen molar-refractivity contribution in [2.24, 2.45) is 0 Å². The Kier molecular flexibility index (Phi) is 5.99. The summed E-state index contributed by atoms with van der Waals surface area (Å²) in [6.07, 6.45) is 0.0361. The van der Waals surface area contributed by atoms with E-state index in [1.54, 1.807) is 18.2 Å². The Morgan fingerprint density at radius 3 is 2.27 bits per heavy atom. The number of sulfonamides is 1. The summed E-state index contributed by atoms with van der Waals surface area (Å²) in [6.45, 7) is 1.48. The average Bonchev–Trinajstić information content (AvgIpc) is 2.60. The summed E-state index contributed by atoms with van der Waals surface area (Å²) < 4.78 is 34.9. The quantitative estimate of drug-likeness (QED) is 0.588. The number of hydrogen-bond acceptors (Lipinski definition) is 6. The second-order valence-electron chi connectivity index (χ2n) is 5.60. The number of anilines is 1. The Labute approximate surface area is 152 Å². The molecule has 2 aromatic carbocycles. The van der Waals surface area contributed by atoms with Crippen LogP contribution in [0.4, 0.5) is 5.69 Å². The fourth-order valence-corrected chi connectivity index (χ4v) is 2.75. The van der Waals surface area contributed by atoms with E-state index >= 15 is 0 Å². The number of benzene rings is 2. The van der Waals surface area contributed by atoms with Crippen molar-refractivity contribution in [3.05, 3.63) is 59.7 Å². The number of methoxy groups -OCH3 is 1. The van der Waals surface area contributed by atoms with Crippen LogP contribution in [0.2, 0.25) is 0 Å². The van der Waals surface area contributed by atoms with Crippen LogP contribution in [0.25, 0.3) is 0 Å². The van der Waals surface area contributed by atoms with Crippen LogP contribution in [0.5, 0.6) is 5.75 Å². The first-order valence-corrected chi connectivity index (χ1v) is 9.56. The largest absolute Gasteiger partial charge is 0.497 e. The number of ether oxygens (including phenoxy) is 2. The Bertz CT molecular complexity index is 906. The number of esters is 1. The van der Waals surface area contributed by atoms with Gasteiger partial charge in [-0.1, -0.05) is 6.07 Å². The van der Waals surface area contributed by atoms with Crippen LogP contribution in [0.1, 0.15) is 27.6 Å². The van der Waals surface area contributed by atoms with Gasteiger partial charge < -0.3 is 9.47 Å². The van der Waals surface area contributed by atoms with Crippen LogP contribution in [-0.4, -0.2) is 39.6 Å². The number of rotatable bonds is 7. The van der Waals surface area contributed by atoms with Crippen molar-refractivity contribution < 1.29 is 27.5 Å². The highest BCUT2D eigenvalue weighted by Gasteiger charge is 2.20. The number of Topliss-reactive ketones (excluding diaryl/α,β-unsaturated/α-hetero) is 1. The Hall–Kier alpha value is -2.87. The monoisotopic (exact) mass is 377 g/mol. The van der Waals surface area contributed by atoms with Crippen LogP contribution in [-0.2, 0) is 14.8 Å². The second-order valence-corrected chi connectivity index (χ2v) is 7.34. The van der Waals surface area contributed by atoms with Crippen LogP contribution in [0.3, 0.4) is 0 Å². The van der Waals surface area contributed by atoms with E-state index in [0.717, 1.165) is 6.26 Å². The molecule has 1 atom stereocenters. The SMILES string of the molecule is COc1cccc(C(=O)O[C@H](C)C(=O)c2ccc(NS(C)(=O)=O)cc2)c1. The number of nitrogens with one attached hydrogen (secondary N) is 1. The number of carbonyl (C=O) groups is 2. The standard InChI is InChI=1S/C18H19NO6S/c1-12(25-18(21)14-5-4-6-16(11-14)24-2)17(20)13-7-9-15(10-8-13)19-26(3,22)23/h4-12,19H,1-3H3/t12-/m1/s1. The molecule has 26 heavy (non-hydrogen) atoms. The molecule has 0 radical (unpaired) electrons. The first kappa shape index (κ1) is 19.5. The lowest BCUT2D eigenvalue weighted by Crippen LogP contribution is -2.24. The summed E-state index contributed by atoms with van der Waals surface area (Å²) in [4.78, 5) is 24.6. The maximum atomic E-state index is 12.4. The molecular weight excluding hydrogens is 358 g/mol. The van der Waals surface area contributed by atoms with E-state index in [0.29, 0.717) is 17.0 Å². The lowest BCUT2D eigenvalue weighted by molar-refractivity contribution is 0.0318. The maximum Gasteiger partial charge on any atom is 0.338 e. The molecule has 0 bridgehead atoms. The third kappa shape index (κ3) is 5.32. The van der Waals surface area contributed by atoms with Crippen LogP contribution in [0.15, 0.2) is 48.5 Å².